The Morgan fingerprint density at radius 3 is 3.00 bits per heavy atom. The smallest absolute Gasteiger partial charge is 0.146 e. The fourth-order valence-electron chi connectivity index (χ4n) is 2.34. The van der Waals surface area contributed by atoms with Gasteiger partial charge in [0.1, 0.15) is 13.0 Å². The van der Waals surface area contributed by atoms with Crippen molar-refractivity contribution in [1.82, 2.24) is 9.78 Å². The average Bonchev–Trinajstić information content (AvgIpc) is 2.81. The van der Waals surface area contributed by atoms with Crippen LogP contribution in [0.5, 0.6) is 0 Å². The first kappa shape index (κ1) is 11.5. The van der Waals surface area contributed by atoms with Crippen molar-refractivity contribution in [2.45, 2.75) is 31.0 Å². The summed E-state index contributed by atoms with van der Waals surface area (Å²) < 4.78 is 25.6. The monoisotopic (exact) mass is 228 g/mol. The molecule has 0 N–H and O–H groups in total. The highest BCUT2D eigenvalue weighted by Crippen LogP contribution is 2.37. The van der Waals surface area contributed by atoms with Gasteiger partial charge in [-0.2, -0.15) is 5.10 Å². The summed E-state index contributed by atoms with van der Waals surface area (Å²) in [6.45, 7) is 0.214. The number of nitrogens with zero attached hydrogens (tertiary/aromatic N) is 2. The van der Waals surface area contributed by atoms with Crippen LogP contribution in [-0.4, -0.2) is 36.0 Å². The molecule has 0 unspecified atom stereocenters. The summed E-state index contributed by atoms with van der Waals surface area (Å²) in [7, 11) is 3.44. The highest BCUT2D eigenvalue weighted by atomic mass is 19.1. The normalized spacial score (nSPS) is 29.8. The molecule has 0 saturated heterocycles. The summed E-state index contributed by atoms with van der Waals surface area (Å²) in [4.78, 5) is 0. The molecular formula is C11H17FN2O2. The number of hydrogen-bond donors (Lipinski definition) is 0. The molecule has 0 radical (unpaired) electrons. The zero-order valence-corrected chi connectivity index (χ0v) is 9.60. The number of hydrogen-bond acceptors (Lipinski definition) is 3. The highest BCUT2D eigenvalue weighted by Gasteiger charge is 2.37. The standard InChI is InChI=1S/C11H17FN2O2/c1-14-10(3-4-13-14)9-5-8(12)6-11(9)16-7-15-2/h3-4,8-9,11H,5-7H2,1-2H3/t8-,9-,11+/m1/s1. The second-order valence-electron chi connectivity index (χ2n) is 4.17. The van der Waals surface area contributed by atoms with E-state index >= 15 is 0 Å². The second kappa shape index (κ2) is 4.93. The first-order valence-corrected chi connectivity index (χ1v) is 5.45. The maximum absolute atomic E-state index is 13.4. The van der Waals surface area contributed by atoms with Crippen molar-refractivity contribution >= 4 is 0 Å². The Bertz CT molecular complexity index is 342. The van der Waals surface area contributed by atoms with Gasteiger partial charge in [0.05, 0.1) is 6.10 Å². The molecule has 1 aromatic rings. The summed E-state index contributed by atoms with van der Waals surface area (Å²) in [5.74, 6) is 0.0812. The number of ether oxygens (including phenoxy) is 2. The van der Waals surface area contributed by atoms with Gasteiger partial charge in [-0.1, -0.05) is 0 Å². The molecule has 1 heterocycles. The highest BCUT2D eigenvalue weighted by molar-refractivity contribution is 5.13. The molecule has 1 aliphatic carbocycles. The fourth-order valence-corrected chi connectivity index (χ4v) is 2.34. The van der Waals surface area contributed by atoms with E-state index in [9.17, 15) is 4.39 Å². The Labute approximate surface area is 94.3 Å². The summed E-state index contributed by atoms with van der Waals surface area (Å²) in [6, 6.07) is 1.92. The lowest BCUT2D eigenvalue weighted by atomic mass is 10.0. The molecule has 1 fully saturated rings. The lowest BCUT2D eigenvalue weighted by Gasteiger charge is -2.19. The van der Waals surface area contributed by atoms with Crippen LogP contribution < -0.4 is 0 Å². The van der Waals surface area contributed by atoms with Crippen molar-refractivity contribution in [3.05, 3.63) is 18.0 Å². The van der Waals surface area contributed by atoms with Gasteiger partial charge in [0.2, 0.25) is 0 Å². The molecular weight excluding hydrogens is 211 g/mol. The van der Waals surface area contributed by atoms with E-state index in [2.05, 4.69) is 5.10 Å². The minimum Gasteiger partial charge on any atom is -0.359 e. The first-order valence-electron chi connectivity index (χ1n) is 5.45. The molecule has 1 aromatic heterocycles. The topological polar surface area (TPSA) is 36.3 Å². The number of halogens is 1. The van der Waals surface area contributed by atoms with Crippen LogP contribution in [0.1, 0.15) is 24.5 Å². The maximum atomic E-state index is 13.4. The van der Waals surface area contributed by atoms with Crippen molar-refractivity contribution in [3.63, 3.8) is 0 Å². The molecule has 4 nitrogen and oxygen atoms in total. The Balaban J connectivity index is 2.09. The lowest BCUT2D eigenvalue weighted by molar-refractivity contribution is -0.0760. The van der Waals surface area contributed by atoms with E-state index in [0.717, 1.165) is 5.69 Å². The van der Waals surface area contributed by atoms with E-state index in [-0.39, 0.29) is 18.8 Å². The van der Waals surface area contributed by atoms with Crippen LogP contribution >= 0.6 is 0 Å². The van der Waals surface area contributed by atoms with Crippen molar-refractivity contribution in [3.8, 4) is 0 Å². The van der Waals surface area contributed by atoms with Crippen LogP contribution in [0.3, 0.4) is 0 Å². The number of rotatable bonds is 4. The van der Waals surface area contributed by atoms with Crippen molar-refractivity contribution in [2.75, 3.05) is 13.9 Å². The van der Waals surface area contributed by atoms with Crippen molar-refractivity contribution in [1.29, 1.82) is 0 Å². The Morgan fingerprint density at radius 1 is 1.56 bits per heavy atom. The van der Waals surface area contributed by atoms with Gasteiger partial charge in [0.15, 0.2) is 0 Å². The van der Waals surface area contributed by atoms with E-state index < -0.39 is 6.17 Å². The van der Waals surface area contributed by atoms with Gasteiger partial charge in [-0.05, 0) is 12.5 Å². The predicted molar refractivity (Wildman–Crippen MR) is 56.8 cm³/mol. The minimum absolute atomic E-state index is 0.0812. The Hall–Kier alpha value is -0.940. The quantitative estimate of drug-likeness (QED) is 0.735. The van der Waals surface area contributed by atoms with E-state index in [1.54, 1.807) is 18.0 Å². The van der Waals surface area contributed by atoms with Crippen LogP contribution in [0.4, 0.5) is 4.39 Å². The predicted octanol–water partition coefficient (Wildman–Crippen LogP) is 1.62. The lowest BCUT2D eigenvalue weighted by Crippen LogP contribution is -2.20. The minimum atomic E-state index is -0.790. The zero-order chi connectivity index (χ0) is 11.5. The Kier molecular flexibility index (Phi) is 3.56. The van der Waals surface area contributed by atoms with Crippen LogP contribution in [0, 0.1) is 0 Å². The summed E-state index contributed by atoms with van der Waals surface area (Å²) in [5, 5.41) is 4.11. The van der Waals surface area contributed by atoms with E-state index in [4.69, 9.17) is 9.47 Å². The second-order valence-corrected chi connectivity index (χ2v) is 4.17. The van der Waals surface area contributed by atoms with Crippen LogP contribution in [-0.2, 0) is 16.5 Å². The molecule has 0 amide bonds. The molecule has 0 aliphatic heterocycles. The third-order valence-corrected chi connectivity index (χ3v) is 3.09. The average molecular weight is 228 g/mol. The summed E-state index contributed by atoms with van der Waals surface area (Å²) in [6.07, 6.45) is 1.79. The number of methoxy groups -OCH3 is 1. The molecule has 16 heavy (non-hydrogen) atoms. The molecule has 1 aliphatic rings. The SMILES string of the molecule is COCO[C@H]1C[C@H](F)C[C@@H]1c1ccnn1C. The molecule has 2 rings (SSSR count). The largest absolute Gasteiger partial charge is 0.359 e. The first-order chi connectivity index (χ1) is 7.72. The van der Waals surface area contributed by atoms with E-state index in [1.807, 2.05) is 13.1 Å². The molecule has 1 saturated carbocycles. The van der Waals surface area contributed by atoms with Gasteiger partial charge in [-0.25, -0.2) is 4.39 Å². The van der Waals surface area contributed by atoms with Gasteiger partial charge in [0, 0.05) is 38.4 Å². The van der Waals surface area contributed by atoms with Crippen molar-refractivity contribution < 1.29 is 13.9 Å². The van der Waals surface area contributed by atoms with Crippen LogP contribution in [0.25, 0.3) is 0 Å². The fraction of sp³-hybridized carbons (Fsp3) is 0.727. The van der Waals surface area contributed by atoms with Crippen molar-refractivity contribution in [2.24, 2.45) is 7.05 Å². The third-order valence-electron chi connectivity index (χ3n) is 3.09. The van der Waals surface area contributed by atoms with Gasteiger partial charge >= 0.3 is 0 Å². The maximum Gasteiger partial charge on any atom is 0.146 e. The van der Waals surface area contributed by atoms with Gasteiger partial charge in [-0.3, -0.25) is 4.68 Å². The molecule has 0 aromatic carbocycles. The third kappa shape index (κ3) is 2.25. The number of aryl methyl sites for hydroxylation is 1. The molecule has 90 valence electrons. The zero-order valence-electron chi connectivity index (χ0n) is 9.60. The number of alkyl halides is 1. The van der Waals surface area contributed by atoms with E-state index in [0.29, 0.717) is 12.8 Å². The number of aromatic nitrogens is 2. The van der Waals surface area contributed by atoms with Gasteiger partial charge < -0.3 is 9.47 Å². The van der Waals surface area contributed by atoms with Gasteiger partial charge in [0.25, 0.3) is 0 Å². The van der Waals surface area contributed by atoms with E-state index in [1.165, 1.54) is 0 Å². The molecule has 5 heteroatoms. The summed E-state index contributed by atoms with van der Waals surface area (Å²) >= 11 is 0. The van der Waals surface area contributed by atoms with Crippen LogP contribution in [0.2, 0.25) is 0 Å². The molecule has 0 bridgehead atoms. The van der Waals surface area contributed by atoms with Gasteiger partial charge in [-0.15, -0.1) is 0 Å². The Morgan fingerprint density at radius 2 is 2.38 bits per heavy atom. The van der Waals surface area contributed by atoms with Crippen LogP contribution in [0.15, 0.2) is 12.3 Å². The summed E-state index contributed by atoms with van der Waals surface area (Å²) in [5.41, 5.74) is 1.03. The molecule has 0 spiro atoms. The molecule has 3 atom stereocenters.